The average molecular weight is 745 g/mol. The Bertz CT molecular complexity index is 1150. The Hall–Kier alpha value is -4.80. The van der Waals surface area contributed by atoms with Crippen LogP contribution in [0, 0.1) is 0 Å². The van der Waals surface area contributed by atoms with Gasteiger partial charge in [0.25, 0.3) is 0 Å². The van der Waals surface area contributed by atoms with Crippen molar-refractivity contribution in [2.75, 3.05) is 39.6 Å². The molecule has 2 N–H and O–H groups in total. The van der Waals surface area contributed by atoms with Gasteiger partial charge in [0, 0.05) is 36.3 Å². The molecule has 10 heteroatoms. The van der Waals surface area contributed by atoms with E-state index < -0.39 is 11.9 Å². The number of hydrogen-bond donors (Lipinski definition) is 2. The lowest BCUT2D eigenvalue weighted by molar-refractivity contribution is -0.140. The number of rotatable bonds is 18. The fraction of sp³-hybridized carbons (Fsp3) is 0.442. The van der Waals surface area contributed by atoms with Crippen LogP contribution in [0.25, 0.3) is 6.08 Å². The third-order valence-electron chi connectivity index (χ3n) is 4.79. The van der Waals surface area contributed by atoms with Crippen LogP contribution in [-0.4, -0.2) is 73.7 Å². The number of benzene rings is 1. The second-order valence-corrected chi connectivity index (χ2v) is 11.3. The van der Waals surface area contributed by atoms with E-state index in [0.29, 0.717) is 37.2 Å². The lowest BCUT2D eigenvalue weighted by Gasteiger charge is -2.04. The van der Waals surface area contributed by atoms with Gasteiger partial charge >= 0.3 is 23.9 Å². The molecule has 0 atom stereocenters. The van der Waals surface area contributed by atoms with Crippen LogP contribution in [-0.2, 0) is 38.1 Å². The molecule has 53 heavy (non-hydrogen) atoms. The Morgan fingerprint density at radius 3 is 1.42 bits per heavy atom. The van der Waals surface area contributed by atoms with Crippen LogP contribution in [0.5, 0.6) is 0 Å². The van der Waals surface area contributed by atoms with E-state index in [4.69, 9.17) is 14.9 Å². The highest BCUT2D eigenvalue weighted by Gasteiger charge is 2.05. The first kappa shape index (κ1) is 57.5. The molecule has 0 aromatic heterocycles. The molecule has 0 aliphatic carbocycles. The molecule has 10 nitrogen and oxygen atoms in total. The van der Waals surface area contributed by atoms with Gasteiger partial charge in [-0.1, -0.05) is 107 Å². The van der Waals surface area contributed by atoms with Crippen molar-refractivity contribution < 1.29 is 48.3 Å². The molecule has 0 aliphatic rings. The van der Waals surface area contributed by atoms with Gasteiger partial charge in [-0.2, -0.15) is 0 Å². The minimum absolute atomic E-state index is 0.0461. The number of aliphatic hydroxyl groups excluding tert-OH is 2. The Morgan fingerprint density at radius 2 is 1.04 bits per heavy atom. The zero-order chi connectivity index (χ0) is 41.9. The van der Waals surface area contributed by atoms with Gasteiger partial charge in [0.1, 0.15) is 6.61 Å². The minimum Gasteiger partial charge on any atom is -0.463 e. The van der Waals surface area contributed by atoms with Crippen molar-refractivity contribution in [3.05, 3.63) is 116 Å². The van der Waals surface area contributed by atoms with Gasteiger partial charge in [-0.15, -0.1) is 13.2 Å². The molecule has 0 aliphatic heterocycles. The number of hydrogen-bond acceptors (Lipinski definition) is 10. The van der Waals surface area contributed by atoms with Gasteiger partial charge in [0.2, 0.25) is 0 Å². The molecular formula is C43H68O10. The van der Waals surface area contributed by atoms with Crippen molar-refractivity contribution in [2.45, 2.75) is 87.0 Å². The van der Waals surface area contributed by atoms with Crippen LogP contribution in [0.1, 0.15) is 92.6 Å². The Kier molecular flexibility index (Phi) is 49.1. The van der Waals surface area contributed by atoms with Crippen molar-refractivity contribution in [1.29, 1.82) is 0 Å². The molecule has 0 saturated heterocycles. The Morgan fingerprint density at radius 1 is 0.623 bits per heavy atom. The van der Waals surface area contributed by atoms with Crippen LogP contribution in [0.2, 0.25) is 0 Å². The van der Waals surface area contributed by atoms with Crippen LogP contribution < -0.4 is 0 Å². The van der Waals surface area contributed by atoms with Crippen LogP contribution >= 0.6 is 0 Å². The lowest BCUT2D eigenvalue weighted by Crippen LogP contribution is -2.08. The van der Waals surface area contributed by atoms with Gasteiger partial charge in [0.05, 0.1) is 26.4 Å². The summed E-state index contributed by atoms with van der Waals surface area (Å²) in [7, 11) is 0. The highest BCUT2D eigenvalue weighted by Crippen LogP contribution is 2.07. The van der Waals surface area contributed by atoms with Crippen molar-refractivity contribution >= 4 is 30.0 Å². The minimum atomic E-state index is -0.455. The number of esters is 4. The Balaban J connectivity index is -0.000000189. The number of allylic oxidation sites excluding steroid dienone is 3. The number of aliphatic hydroxyl groups is 2. The van der Waals surface area contributed by atoms with Crippen LogP contribution in [0.4, 0.5) is 0 Å². The summed E-state index contributed by atoms with van der Waals surface area (Å²) in [5.41, 5.74) is 4.30. The van der Waals surface area contributed by atoms with E-state index in [1.165, 1.54) is 17.2 Å². The first-order valence-electron chi connectivity index (χ1n) is 17.4. The number of ether oxygens (including phenoxy) is 4. The molecule has 0 amide bonds. The third kappa shape index (κ3) is 59.7. The second-order valence-electron chi connectivity index (χ2n) is 11.3. The SMILES string of the molecule is C=C(C)C.C=C(C)C.C=C(C)C(=O)OCCO.C=C(CC=Cc1ccccc1)C(=O)OCCCC.C=CC(=O)OCCCC.C=CC(=O)OCCCO. The smallest absolute Gasteiger partial charge is 0.333 e. The highest BCUT2D eigenvalue weighted by atomic mass is 16.5. The van der Waals surface area contributed by atoms with Crippen molar-refractivity contribution in [3.8, 4) is 0 Å². The molecular weight excluding hydrogens is 676 g/mol. The number of carbonyl (C=O) groups is 4. The predicted molar refractivity (Wildman–Crippen MR) is 218 cm³/mol. The average Bonchev–Trinajstić information content (AvgIpc) is 3.11. The summed E-state index contributed by atoms with van der Waals surface area (Å²) in [4.78, 5) is 42.6. The first-order chi connectivity index (χ1) is 25.0. The van der Waals surface area contributed by atoms with Crippen LogP contribution in [0.3, 0.4) is 0 Å². The normalized spacial score (nSPS) is 8.92. The largest absolute Gasteiger partial charge is 0.463 e. The van der Waals surface area contributed by atoms with E-state index in [9.17, 15) is 19.2 Å². The topological polar surface area (TPSA) is 146 Å². The summed E-state index contributed by atoms with van der Waals surface area (Å²) in [6.07, 6.45) is 11.1. The molecule has 0 fully saturated rings. The molecule has 1 rings (SSSR count). The van der Waals surface area contributed by atoms with Gasteiger partial charge in [-0.05, 0) is 59.4 Å². The van der Waals surface area contributed by atoms with Crippen molar-refractivity contribution in [1.82, 2.24) is 0 Å². The molecule has 0 heterocycles. The summed E-state index contributed by atoms with van der Waals surface area (Å²) in [5, 5.41) is 16.4. The molecule has 0 saturated carbocycles. The fourth-order valence-corrected chi connectivity index (χ4v) is 2.33. The van der Waals surface area contributed by atoms with Gasteiger partial charge in [0.15, 0.2) is 0 Å². The Labute approximate surface area is 320 Å². The molecule has 0 bridgehead atoms. The van der Waals surface area contributed by atoms with E-state index in [1.807, 2.05) is 77.1 Å². The van der Waals surface area contributed by atoms with Gasteiger partial charge < -0.3 is 29.2 Å². The predicted octanol–water partition coefficient (Wildman–Crippen LogP) is 8.87. The van der Waals surface area contributed by atoms with E-state index in [-0.39, 0.29) is 38.4 Å². The zero-order valence-electron chi connectivity index (χ0n) is 33.6. The molecule has 1 aromatic rings. The molecule has 300 valence electrons. The van der Waals surface area contributed by atoms with Gasteiger partial charge in [-0.25, -0.2) is 19.2 Å². The summed E-state index contributed by atoms with van der Waals surface area (Å²) in [6.45, 7) is 35.4. The maximum absolute atomic E-state index is 11.5. The number of carbonyl (C=O) groups excluding carboxylic acids is 4. The standard InChI is InChI=1S/C16H20O2.C7H12O2.2C6H10O3.2C4H8/c1-3-4-13-18-16(17)14(2)9-8-12-15-10-6-5-7-11-15;1-3-5-6-9-7(8)4-2;1-5(2)6(8)9-4-3-7;1-2-6(8)9-5-3-4-7;2*1-4(2)3/h5-8,10-12H,2-4,9,13H2,1H3;4H,2-3,5-6H2,1H3;7H,1,3-4H2,2H3;2,7H,1,3-5H2;2*1H2,2-3H3. The maximum Gasteiger partial charge on any atom is 0.333 e. The van der Waals surface area contributed by atoms with E-state index >= 15 is 0 Å². The van der Waals surface area contributed by atoms with Gasteiger partial charge in [-0.3, -0.25) is 0 Å². The monoisotopic (exact) mass is 744 g/mol. The third-order valence-corrected chi connectivity index (χ3v) is 4.79. The lowest BCUT2D eigenvalue weighted by atomic mass is 10.1. The quantitative estimate of drug-likeness (QED) is 0.0491. The summed E-state index contributed by atoms with van der Waals surface area (Å²) in [5.74, 6) is -1.52. The van der Waals surface area contributed by atoms with E-state index in [2.05, 4.69) is 60.6 Å². The fourth-order valence-electron chi connectivity index (χ4n) is 2.33. The zero-order valence-corrected chi connectivity index (χ0v) is 33.6. The van der Waals surface area contributed by atoms with Crippen LogP contribution in [0.15, 0.2) is 110 Å². The molecule has 0 unspecified atom stereocenters. The van der Waals surface area contributed by atoms with E-state index in [1.54, 1.807) is 6.92 Å². The highest BCUT2D eigenvalue weighted by molar-refractivity contribution is 5.88. The first-order valence-corrected chi connectivity index (χ1v) is 17.4. The number of unbranched alkanes of at least 4 members (excludes halogenated alkanes) is 2. The summed E-state index contributed by atoms with van der Waals surface area (Å²) in [6, 6.07) is 9.96. The van der Waals surface area contributed by atoms with Crippen molar-refractivity contribution in [3.63, 3.8) is 0 Å². The van der Waals surface area contributed by atoms with Crippen molar-refractivity contribution in [2.24, 2.45) is 0 Å². The molecule has 1 aromatic carbocycles. The summed E-state index contributed by atoms with van der Waals surface area (Å²) >= 11 is 0. The maximum atomic E-state index is 11.5. The second kappa shape index (κ2) is 45.2. The van der Waals surface area contributed by atoms with E-state index in [0.717, 1.165) is 37.3 Å². The molecule has 0 radical (unpaired) electrons. The summed E-state index contributed by atoms with van der Waals surface area (Å²) < 4.78 is 18.7. The molecule has 0 spiro atoms.